The van der Waals surface area contributed by atoms with Gasteiger partial charge in [-0.25, -0.2) is 4.57 Å². The van der Waals surface area contributed by atoms with Crippen molar-refractivity contribution < 1.29 is 8.98 Å². The summed E-state index contributed by atoms with van der Waals surface area (Å²) in [6, 6.07) is 25.7. The van der Waals surface area contributed by atoms with E-state index in [-0.39, 0.29) is 0 Å². The Morgan fingerprint density at radius 3 is 2.31 bits per heavy atom. The third kappa shape index (κ3) is 2.16. The van der Waals surface area contributed by atoms with Crippen molar-refractivity contribution in [3.63, 3.8) is 0 Å². The zero-order valence-corrected chi connectivity index (χ0v) is 16.7. The number of aromatic nitrogens is 2. The molecule has 0 amide bonds. The Bertz CT molecular complexity index is 1580. The fourth-order valence-corrected chi connectivity index (χ4v) is 4.62. The summed E-state index contributed by atoms with van der Waals surface area (Å²) in [5.41, 5.74) is 6.72. The molecule has 29 heavy (non-hydrogen) atoms. The molecule has 2 aromatic heterocycles. The van der Waals surface area contributed by atoms with Crippen molar-refractivity contribution in [2.75, 3.05) is 0 Å². The van der Waals surface area contributed by atoms with Gasteiger partial charge in [0.2, 0.25) is 0 Å². The Labute approximate surface area is 168 Å². The summed E-state index contributed by atoms with van der Waals surface area (Å²) in [5, 5.41) is 4.77. The third-order valence-electron chi connectivity index (χ3n) is 6.21. The lowest BCUT2D eigenvalue weighted by Crippen LogP contribution is -2.30. The normalized spacial score (nSPS) is 12.0. The minimum atomic E-state index is 0.927. The van der Waals surface area contributed by atoms with E-state index in [0.29, 0.717) is 0 Å². The van der Waals surface area contributed by atoms with Crippen LogP contribution in [0.2, 0.25) is 0 Å². The summed E-state index contributed by atoms with van der Waals surface area (Å²) in [5.74, 6) is 1.19. The van der Waals surface area contributed by atoms with Crippen molar-refractivity contribution in [3.05, 3.63) is 84.2 Å². The maximum absolute atomic E-state index is 6.32. The van der Waals surface area contributed by atoms with Crippen molar-refractivity contribution in [1.29, 1.82) is 0 Å². The third-order valence-corrected chi connectivity index (χ3v) is 6.21. The van der Waals surface area contributed by atoms with Gasteiger partial charge in [0.25, 0.3) is 5.82 Å². The largest absolute Gasteiger partial charge is 0.456 e. The van der Waals surface area contributed by atoms with Crippen molar-refractivity contribution >= 4 is 43.7 Å². The fourth-order valence-electron chi connectivity index (χ4n) is 4.62. The van der Waals surface area contributed by atoms with E-state index in [9.17, 15) is 0 Å². The summed E-state index contributed by atoms with van der Waals surface area (Å²) >= 11 is 0. The molecular weight excluding hydrogens is 356 g/mol. The van der Waals surface area contributed by atoms with E-state index >= 15 is 0 Å². The van der Waals surface area contributed by atoms with Gasteiger partial charge < -0.3 is 4.42 Å². The second-order valence-electron chi connectivity index (χ2n) is 7.83. The molecule has 6 aromatic rings. The SMILES string of the molecule is Cc1ccccc1-n1c(C)[n+](C)c2ccc3oc4cc5ccccc5cc4c3c21. The Morgan fingerprint density at radius 2 is 1.52 bits per heavy atom. The van der Waals surface area contributed by atoms with Crippen molar-refractivity contribution in [1.82, 2.24) is 4.57 Å². The second kappa shape index (κ2) is 5.71. The molecule has 0 aliphatic heterocycles. The van der Waals surface area contributed by atoms with Gasteiger partial charge in [0.1, 0.15) is 16.9 Å². The number of hydrogen-bond donors (Lipinski definition) is 0. The summed E-state index contributed by atoms with van der Waals surface area (Å²) in [7, 11) is 2.13. The highest BCUT2D eigenvalue weighted by Crippen LogP contribution is 2.37. The number of nitrogens with zero attached hydrogens (tertiary/aromatic N) is 2. The van der Waals surface area contributed by atoms with Gasteiger partial charge in [-0.15, -0.1) is 0 Å². The predicted octanol–water partition coefficient (Wildman–Crippen LogP) is 6.12. The van der Waals surface area contributed by atoms with Crippen molar-refractivity contribution in [2.24, 2.45) is 7.05 Å². The molecule has 3 nitrogen and oxygen atoms in total. The quantitative estimate of drug-likeness (QED) is 0.316. The molecule has 0 spiro atoms. The minimum Gasteiger partial charge on any atom is -0.456 e. The van der Waals surface area contributed by atoms with Gasteiger partial charge in [0.05, 0.1) is 12.4 Å². The van der Waals surface area contributed by atoms with Crippen molar-refractivity contribution in [3.8, 4) is 5.69 Å². The molecule has 0 saturated heterocycles. The van der Waals surface area contributed by atoms with Crippen LogP contribution in [0.1, 0.15) is 11.4 Å². The van der Waals surface area contributed by atoms with E-state index in [1.165, 1.54) is 44.3 Å². The highest BCUT2D eigenvalue weighted by molar-refractivity contribution is 6.19. The van der Waals surface area contributed by atoms with Gasteiger partial charge in [0, 0.05) is 12.3 Å². The van der Waals surface area contributed by atoms with Crippen LogP contribution in [0.3, 0.4) is 0 Å². The topological polar surface area (TPSA) is 21.9 Å². The molecule has 0 fully saturated rings. The van der Waals surface area contributed by atoms with Crippen LogP contribution in [0.25, 0.3) is 49.4 Å². The van der Waals surface area contributed by atoms with Crippen LogP contribution in [0, 0.1) is 13.8 Å². The van der Waals surface area contributed by atoms with Gasteiger partial charge in [-0.05, 0) is 53.6 Å². The van der Waals surface area contributed by atoms with Gasteiger partial charge in [-0.3, -0.25) is 0 Å². The Balaban J connectivity index is 1.87. The molecule has 0 unspecified atom stereocenters. The summed E-state index contributed by atoms with van der Waals surface area (Å²) in [6.45, 7) is 4.34. The second-order valence-corrected chi connectivity index (χ2v) is 7.83. The smallest absolute Gasteiger partial charge is 0.259 e. The first-order valence-electron chi connectivity index (χ1n) is 9.94. The van der Waals surface area contributed by atoms with Crippen molar-refractivity contribution in [2.45, 2.75) is 13.8 Å². The maximum atomic E-state index is 6.32. The number of para-hydroxylation sites is 1. The van der Waals surface area contributed by atoms with E-state index in [1.807, 2.05) is 0 Å². The zero-order chi connectivity index (χ0) is 19.7. The van der Waals surface area contributed by atoms with Gasteiger partial charge >= 0.3 is 0 Å². The van der Waals surface area contributed by atoms with Crippen LogP contribution in [0.15, 0.2) is 77.2 Å². The summed E-state index contributed by atoms with van der Waals surface area (Å²) in [6.07, 6.45) is 0. The van der Waals surface area contributed by atoms with Crippen LogP contribution in [0.5, 0.6) is 0 Å². The average Bonchev–Trinajstić information content (AvgIpc) is 3.21. The molecule has 2 heterocycles. The molecular formula is C26H21N2O+. The van der Waals surface area contributed by atoms with E-state index in [2.05, 4.69) is 103 Å². The van der Waals surface area contributed by atoms with E-state index in [1.54, 1.807) is 0 Å². The fraction of sp³-hybridized carbons (Fsp3) is 0.115. The molecule has 140 valence electrons. The first-order chi connectivity index (χ1) is 14.1. The summed E-state index contributed by atoms with van der Waals surface area (Å²) in [4.78, 5) is 0. The molecule has 0 aliphatic carbocycles. The molecule has 4 aromatic carbocycles. The van der Waals surface area contributed by atoms with E-state index < -0.39 is 0 Å². The lowest BCUT2D eigenvalue weighted by molar-refractivity contribution is -0.652. The van der Waals surface area contributed by atoms with E-state index in [0.717, 1.165) is 16.6 Å². The number of benzene rings is 4. The monoisotopic (exact) mass is 377 g/mol. The minimum absolute atomic E-state index is 0.927. The highest BCUT2D eigenvalue weighted by atomic mass is 16.3. The number of aryl methyl sites for hydroxylation is 2. The maximum Gasteiger partial charge on any atom is 0.259 e. The molecule has 0 radical (unpaired) electrons. The molecule has 6 rings (SSSR count). The van der Waals surface area contributed by atoms with Crippen LogP contribution in [-0.2, 0) is 7.05 Å². The van der Waals surface area contributed by atoms with Crippen LogP contribution < -0.4 is 4.57 Å². The number of imidazole rings is 1. The number of furan rings is 1. The van der Waals surface area contributed by atoms with Gasteiger partial charge in [0.15, 0.2) is 11.0 Å². The van der Waals surface area contributed by atoms with Crippen LogP contribution >= 0.6 is 0 Å². The number of hydrogen-bond acceptors (Lipinski definition) is 1. The number of fused-ring (bicyclic) bond motifs is 6. The molecule has 0 saturated carbocycles. The Hall–Kier alpha value is -3.59. The van der Waals surface area contributed by atoms with Crippen LogP contribution in [-0.4, -0.2) is 4.57 Å². The molecule has 3 heteroatoms. The lowest BCUT2D eigenvalue weighted by atomic mass is 10.1. The molecule has 0 bridgehead atoms. The lowest BCUT2D eigenvalue weighted by Gasteiger charge is -2.04. The number of rotatable bonds is 1. The molecule has 0 N–H and O–H groups in total. The zero-order valence-electron chi connectivity index (χ0n) is 16.7. The van der Waals surface area contributed by atoms with Gasteiger partial charge in [-0.1, -0.05) is 42.5 Å². The predicted molar refractivity (Wildman–Crippen MR) is 119 cm³/mol. The average molecular weight is 377 g/mol. The first-order valence-corrected chi connectivity index (χ1v) is 9.94. The summed E-state index contributed by atoms with van der Waals surface area (Å²) < 4.78 is 11.0. The van der Waals surface area contributed by atoms with Crippen LogP contribution in [0.4, 0.5) is 0 Å². The van der Waals surface area contributed by atoms with Gasteiger partial charge in [-0.2, -0.15) is 4.57 Å². The Morgan fingerprint density at radius 1 is 0.793 bits per heavy atom. The molecule has 0 aliphatic rings. The van der Waals surface area contributed by atoms with E-state index in [4.69, 9.17) is 4.42 Å². The standard InChI is InChI=1S/C26H21N2O/c1-16-8-4-7-11-21(16)28-17(2)27(3)22-12-13-23-25(26(22)28)20-14-18-9-5-6-10-19(18)15-24(20)29-23/h4-15H,1-3H3/q+1. The highest BCUT2D eigenvalue weighted by Gasteiger charge is 2.26. The molecule has 0 atom stereocenters. The Kier molecular flexibility index (Phi) is 3.22. The first kappa shape index (κ1) is 16.4.